The van der Waals surface area contributed by atoms with Crippen molar-refractivity contribution in [1.82, 2.24) is 4.90 Å². The zero-order chi connectivity index (χ0) is 13.7. The lowest BCUT2D eigenvalue weighted by molar-refractivity contribution is 0.222. The van der Waals surface area contributed by atoms with E-state index in [1.54, 1.807) is 0 Å². The van der Waals surface area contributed by atoms with E-state index in [2.05, 4.69) is 49.1 Å². The fourth-order valence-corrected chi connectivity index (χ4v) is 3.17. The minimum absolute atomic E-state index is 0.243. The molecule has 0 amide bonds. The van der Waals surface area contributed by atoms with Crippen molar-refractivity contribution in [1.29, 1.82) is 0 Å². The van der Waals surface area contributed by atoms with Gasteiger partial charge < -0.3 is 10.6 Å². The maximum atomic E-state index is 6.55. The molecule has 1 aromatic rings. The molecule has 2 heteroatoms. The number of nitrogens with zero attached hydrogens (tertiary/aromatic N) is 1. The van der Waals surface area contributed by atoms with Gasteiger partial charge in [-0.3, -0.25) is 0 Å². The molecule has 1 aromatic carbocycles. The number of benzene rings is 1. The second-order valence-electron chi connectivity index (χ2n) is 6.26. The molecule has 2 N–H and O–H groups in total. The van der Waals surface area contributed by atoms with Gasteiger partial charge in [0.1, 0.15) is 0 Å². The predicted octanol–water partition coefficient (Wildman–Crippen LogP) is 3.37. The Bertz CT molecular complexity index is 372. The Morgan fingerprint density at radius 3 is 2.63 bits per heavy atom. The van der Waals surface area contributed by atoms with Crippen LogP contribution >= 0.6 is 0 Å². The van der Waals surface area contributed by atoms with Crippen LogP contribution in [0.2, 0.25) is 0 Å². The van der Waals surface area contributed by atoms with Crippen LogP contribution in [0, 0.1) is 5.92 Å². The summed E-state index contributed by atoms with van der Waals surface area (Å²) in [6.07, 6.45) is 5.37. The second kappa shape index (κ2) is 6.53. The maximum absolute atomic E-state index is 6.55. The molecule has 2 atom stereocenters. The highest BCUT2D eigenvalue weighted by molar-refractivity contribution is 5.23. The van der Waals surface area contributed by atoms with Crippen molar-refractivity contribution >= 4 is 0 Å². The van der Waals surface area contributed by atoms with E-state index in [-0.39, 0.29) is 5.54 Å². The van der Waals surface area contributed by atoms with Crippen molar-refractivity contribution in [2.24, 2.45) is 11.7 Å². The summed E-state index contributed by atoms with van der Waals surface area (Å²) in [5, 5.41) is 0. The Morgan fingerprint density at radius 2 is 1.95 bits per heavy atom. The molecule has 1 aliphatic heterocycles. The van der Waals surface area contributed by atoms with Gasteiger partial charge in [-0.2, -0.15) is 0 Å². The van der Waals surface area contributed by atoms with Crippen molar-refractivity contribution < 1.29 is 0 Å². The van der Waals surface area contributed by atoms with E-state index >= 15 is 0 Å². The summed E-state index contributed by atoms with van der Waals surface area (Å²) >= 11 is 0. The van der Waals surface area contributed by atoms with Gasteiger partial charge >= 0.3 is 0 Å². The Hall–Kier alpha value is -0.860. The lowest BCUT2D eigenvalue weighted by Gasteiger charge is -2.32. The Labute approximate surface area is 118 Å². The SMILES string of the molecule is CCC1CCCN(CC(C)(N)c2ccccc2)CC1. The largest absolute Gasteiger partial charge is 0.321 e. The standard InChI is InChI=1S/C17H28N2/c1-3-15-8-7-12-19(13-11-15)14-17(2,18)16-9-5-4-6-10-16/h4-6,9-10,15H,3,7-8,11-14,18H2,1-2H3. The third-order valence-corrected chi connectivity index (χ3v) is 4.50. The molecule has 1 aliphatic rings. The monoisotopic (exact) mass is 260 g/mol. The van der Waals surface area contributed by atoms with Gasteiger partial charge in [-0.25, -0.2) is 0 Å². The van der Waals surface area contributed by atoms with E-state index in [4.69, 9.17) is 5.73 Å². The van der Waals surface area contributed by atoms with Crippen LogP contribution in [-0.2, 0) is 5.54 Å². The molecule has 2 rings (SSSR count). The quantitative estimate of drug-likeness (QED) is 0.899. The maximum Gasteiger partial charge on any atom is 0.0509 e. The highest BCUT2D eigenvalue weighted by Gasteiger charge is 2.25. The van der Waals surface area contributed by atoms with Gasteiger partial charge in [0.25, 0.3) is 0 Å². The zero-order valence-electron chi connectivity index (χ0n) is 12.4. The van der Waals surface area contributed by atoms with Crippen LogP contribution < -0.4 is 5.73 Å². The van der Waals surface area contributed by atoms with Crippen molar-refractivity contribution in [2.75, 3.05) is 19.6 Å². The summed E-state index contributed by atoms with van der Waals surface area (Å²) in [6, 6.07) is 10.5. The highest BCUT2D eigenvalue weighted by Crippen LogP contribution is 2.24. The molecular weight excluding hydrogens is 232 g/mol. The third-order valence-electron chi connectivity index (χ3n) is 4.50. The highest BCUT2D eigenvalue weighted by atomic mass is 15.1. The number of rotatable bonds is 4. The molecule has 106 valence electrons. The fourth-order valence-electron chi connectivity index (χ4n) is 3.17. The summed E-state index contributed by atoms with van der Waals surface area (Å²) in [7, 11) is 0. The molecule has 1 fully saturated rings. The topological polar surface area (TPSA) is 29.3 Å². The average Bonchev–Trinajstić information content (AvgIpc) is 2.64. The number of hydrogen-bond acceptors (Lipinski definition) is 2. The Kier molecular flexibility index (Phi) is 5.00. The van der Waals surface area contributed by atoms with Crippen molar-refractivity contribution in [3.63, 3.8) is 0 Å². The molecule has 1 saturated heterocycles. The van der Waals surface area contributed by atoms with Gasteiger partial charge in [-0.1, -0.05) is 43.7 Å². The van der Waals surface area contributed by atoms with Gasteiger partial charge in [-0.05, 0) is 50.8 Å². The van der Waals surface area contributed by atoms with E-state index in [0.717, 1.165) is 12.5 Å². The van der Waals surface area contributed by atoms with Crippen molar-refractivity contribution in [3.8, 4) is 0 Å². The molecule has 2 nitrogen and oxygen atoms in total. The normalized spacial score (nSPS) is 24.7. The van der Waals surface area contributed by atoms with E-state index in [1.807, 2.05) is 0 Å². The summed E-state index contributed by atoms with van der Waals surface area (Å²) < 4.78 is 0. The molecule has 0 bridgehead atoms. The van der Waals surface area contributed by atoms with Crippen LogP contribution in [0.5, 0.6) is 0 Å². The molecule has 0 aliphatic carbocycles. The molecule has 2 unspecified atom stereocenters. The Balaban J connectivity index is 1.96. The van der Waals surface area contributed by atoms with Crippen molar-refractivity contribution in [2.45, 2.75) is 45.1 Å². The summed E-state index contributed by atoms with van der Waals surface area (Å²) in [5.41, 5.74) is 7.54. The van der Waals surface area contributed by atoms with Crippen LogP contribution in [0.3, 0.4) is 0 Å². The molecular formula is C17H28N2. The minimum atomic E-state index is -0.243. The van der Waals surface area contributed by atoms with E-state index in [0.29, 0.717) is 0 Å². The van der Waals surface area contributed by atoms with Gasteiger partial charge in [0, 0.05) is 6.54 Å². The van der Waals surface area contributed by atoms with Crippen LogP contribution in [0.25, 0.3) is 0 Å². The molecule has 0 aromatic heterocycles. The van der Waals surface area contributed by atoms with Crippen LogP contribution in [0.15, 0.2) is 30.3 Å². The molecule has 1 heterocycles. The zero-order valence-corrected chi connectivity index (χ0v) is 12.4. The van der Waals surface area contributed by atoms with Crippen LogP contribution in [0.1, 0.15) is 45.1 Å². The minimum Gasteiger partial charge on any atom is -0.321 e. The van der Waals surface area contributed by atoms with Gasteiger partial charge in [-0.15, -0.1) is 0 Å². The second-order valence-corrected chi connectivity index (χ2v) is 6.26. The molecule has 0 saturated carbocycles. The summed E-state index contributed by atoms with van der Waals surface area (Å²) in [5.74, 6) is 0.922. The lowest BCUT2D eigenvalue weighted by atomic mass is 9.92. The first kappa shape index (κ1) is 14.5. The van der Waals surface area contributed by atoms with E-state index < -0.39 is 0 Å². The first-order valence-electron chi connectivity index (χ1n) is 7.68. The van der Waals surface area contributed by atoms with Gasteiger partial charge in [0.2, 0.25) is 0 Å². The smallest absolute Gasteiger partial charge is 0.0509 e. The Morgan fingerprint density at radius 1 is 1.21 bits per heavy atom. The van der Waals surface area contributed by atoms with Crippen molar-refractivity contribution in [3.05, 3.63) is 35.9 Å². The lowest BCUT2D eigenvalue weighted by Crippen LogP contribution is -2.45. The molecule has 19 heavy (non-hydrogen) atoms. The van der Waals surface area contributed by atoms with Crippen LogP contribution in [0.4, 0.5) is 0 Å². The van der Waals surface area contributed by atoms with Crippen LogP contribution in [-0.4, -0.2) is 24.5 Å². The average molecular weight is 260 g/mol. The predicted molar refractivity (Wildman–Crippen MR) is 82.1 cm³/mol. The molecule has 0 spiro atoms. The third kappa shape index (κ3) is 4.05. The number of likely N-dealkylation sites (tertiary alicyclic amines) is 1. The first-order chi connectivity index (χ1) is 9.12. The summed E-state index contributed by atoms with van der Waals surface area (Å²) in [6.45, 7) is 7.85. The summed E-state index contributed by atoms with van der Waals surface area (Å²) in [4.78, 5) is 2.56. The molecule has 0 radical (unpaired) electrons. The van der Waals surface area contributed by atoms with E-state index in [1.165, 1.54) is 44.3 Å². The number of hydrogen-bond donors (Lipinski definition) is 1. The van der Waals surface area contributed by atoms with E-state index in [9.17, 15) is 0 Å². The number of nitrogens with two attached hydrogens (primary N) is 1. The fraction of sp³-hybridized carbons (Fsp3) is 0.647. The van der Waals surface area contributed by atoms with Gasteiger partial charge in [0.05, 0.1) is 5.54 Å². The first-order valence-corrected chi connectivity index (χ1v) is 7.68. The van der Waals surface area contributed by atoms with Gasteiger partial charge in [0.15, 0.2) is 0 Å².